The van der Waals surface area contributed by atoms with Crippen LogP contribution in [0.2, 0.25) is 0 Å². The Labute approximate surface area is 150 Å². The second-order valence-electron chi connectivity index (χ2n) is 5.98. The predicted octanol–water partition coefficient (Wildman–Crippen LogP) is 3.31. The summed E-state index contributed by atoms with van der Waals surface area (Å²) in [5, 5.41) is 13.1. The van der Waals surface area contributed by atoms with Crippen LogP contribution in [-0.4, -0.2) is 20.9 Å². The number of benzene rings is 3. The molecule has 0 aliphatic heterocycles. The number of fused-ring (bicyclic) bond motifs is 1. The van der Waals surface area contributed by atoms with E-state index in [0.29, 0.717) is 17.9 Å². The van der Waals surface area contributed by atoms with Gasteiger partial charge in [-0.2, -0.15) is 0 Å². The summed E-state index contributed by atoms with van der Waals surface area (Å²) in [7, 11) is 0. The van der Waals surface area contributed by atoms with Crippen LogP contribution in [0.1, 0.15) is 16.1 Å². The van der Waals surface area contributed by atoms with Crippen LogP contribution in [0.15, 0.2) is 72.9 Å². The number of amides is 1. The Bertz CT molecular complexity index is 1080. The number of hydrogen-bond acceptors (Lipinski definition) is 4. The Morgan fingerprint density at radius 1 is 1.00 bits per heavy atom. The smallest absolute Gasteiger partial charge is 0.277 e. The molecule has 0 spiro atoms. The highest BCUT2D eigenvalue weighted by Crippen LogP contribution is 2.20. The zero-order valence-corrected chi connectivity index (χ0v) is 14.0. The standard InChI is InChI=1S/C20H17N5O/c21-17-10-3-4-11-18(17)22-20(26)19-13-25(24-23-19)12-15-8-5-7-14-6-1-2-9-16(14)15/h1-11,13H,12,21H2,(H,22,26). The first-order chi connectivity index (χ1) is 12.7. The van der Waals surface area contributed by atoms with Crippen LogP contribution < -0.4 is 11.1 Å². The van der Waals surface area contributed by atoms with Gasteiger partial charge in [0.15, 0.2) is 5.69 Å². The maximum absolute atomic E-state index is 12.4. The largest absolute Gasteiger partial charge is 0.397 e. The maximum atomic E-state index is 12.4. The predicted molar refractivity (Wildman–Crippen MR) is 102 cm³/mol. The first-order valence-corrected chi connectivity index (χ1v) is 8.23. The lowest BCUT2D eigenvalue weighted by atomic mass is 10.0. The van der Waals surface area contributed by atoms with Crippen LogP contribution in [0.3, 0.4) is 0 Å². The molecule has 0 fully saturated rings. The number of rotatable bonds is 4. The van der Waals surface area contributed by atoms with Crippen LogP contribution in [-0.2, 0) is 6.54 Å². The number of nitrogens with two attached hydrogens (primary N) is 1. The van der Waals surface area contributed by atoms with E-state index in [1.165, 1.54) is 5.39 Å². The SMILES string of the molecule is Nc1ccccc1NC(=O)c1cn(Cc2cccc3ccccc23)nn1. The fraction of sp³-hybridized carbons (Fsp3) is 0.0500. The number of nitrogen functional groups attached to an aromatic ring is 1. The number of carbonyl (C=O) groups is 1. The van der Waals surface area contributed by atoms with E-state index < -0.39 is 0 Å². The number of nitrogens with one attached hydrogen (secondary N) is 1. The van der Waals surface area contributed by atoms with E-state index in [-0.39, 0.29) is 11.6 Å². The molecular formula is C20H17N5O. The molecule has 4 aromatic rings. The van der Waals surface area contributed by atoms with Crippen LogP contribution in [0, 0.1) is 0 Å². The molecule has 0 unspecified atom stereocenters. The summed E-state index contributed by atoms with van der Waals surface area (Å²) in [6.07, 6.45) is 1.64. The Morgan fingerprint density at radius 2 is 1.77 bits per heavy atom. The minimum Gasteiger partial charge on any atom is -0.397 e. The van der Waals surface area contributed by atoms with Gasteiger partial charge in [-0.25, -0.2) is 4.68 Å². The van der Waals surface area contributed by atoms with Crippen molar-refractivity contribution in [2.24, 2.45) is 0 Å². The number of aromatic nitrogens is 3. The third-order valence-corrected chi connectivity index (χ3v) is 4.19. The van der Waals surface area contributed by atoms with Gasteiger partial charge >= 0.3 is 0 Å². The number of para-hydroxylation sites is 2. The molecule has 128 valence electrons. The van der Waals surface area contributed by atoms with Gasteiger partial charge in [0.1, 0.15) is 0 Å². The maximum Gasteiger partial charge on any atom is 0.277 e. The average molecular weight is 343 g/mol. The molecule has 0 bridgehead atoms. The highest BCUT2D eigenvalue weighted by molar-refractivity contribution is 6.04. The number of nitrogens with zero attached hydrogens (tertiary/aromatic N) is 3. The zero-order valence-electron chi connectivity index (χ0n) is 14.0. The third kappa shape index (κ3) is 3.12. The summed E-state index contributed by atoms with van der Waals surface area (Å²) >= 11 is 0. The summed E-state index contributed by atoms with van der Waals surface area (Å²) in [6, 6.07) is 21.4. The lowest BCUT2D eigenvalue weighted by molar-refractivity contribution is 0.102. The molecule has 0 radical (unpaired) electrons. The molecule has 1 amide bonds. The summed E-state index contributed by atoms with van der Waals surface area (Å²) < 4.78 is 1.66. The Morgan fingerprint density at radius 3 is 2.65 bits per heavy atom. The molecule has 6 nitrogen and oxygen atoms in total. The fourth-order valence-electron chi connectivity index (χ4n) is 2.88. The lowest BCUT2D eigenvalue weighted by Gasteiger charge is -2.06. The van der Waals surface area contributed by atoms with E-state index in [1.54, 1.807) is 23.0 Å². The van der Waals surface area contributed by atoms with Crippen molar-refractivity contribution in [3.05, 3.63) is 84.2 Å². The van der Waals surface area contributed by atoms with E-state index in [2.05, 4.69) is 39.9 Å². The van der Waals surface area contributed by atoms with Gasteiger partial charge in [-0.3, -0.25) is 4.79 Å². The van der Waals surface area contributed by atoms with E-state index in [9.17, 15) is 4.79 Å². The molecule has 0 saturated heterocycles. The molecule has 26 heavy (non-hydrogen) atoms. The molecule has 3 aromatic carbocycles. The van der Waals surface area contributed by atoms with Crippen molar-refractivity contribution in [2.45, 2.75) is 6.54 Å². The Kier molecular flexibility index (Phi) is 4.07. The van der Waals surface area contributed by atoms with Crippen LogP contribution in [0.5, 0.6) is 0 Å². The first kappa shape index (κ1) is 15.8. The molecule has 1 heterocycles. The van der Waals surface area contributed by atoms with Gasteiger partial charge in [-0.05, 0) is 28.5 Å². The van der Waals surface area contributed by atoms with Gasteiger partial charge in [0.25, 0.3) is 5.91 Å². The molecule has 6 heteroatoms. The summed E-state index contributed by atoms with van der Waals surface area (Å²) in [5.41, 5.74) is 8.27. The minimum absolute atomic E-state index is 0.244. The highest BCUT2D eigenvalue weighted by atomic mass is 16.2. The fourth-order valence-corrected chi connectivity index (χ4v) is 2.88. The van der Waals surface area contributed by atoms with E-state index in [4.69, 9.17) is 5.73 Å². The molecule has 1 aromatic heterocycles. The number of hydrogen-bond donors (Lipinski definition) is 2. The van der Waals surface area contributed by atoms with Crippen molar-refractivity contribution in [3.8, 4) is 0 Å². The molecule has 0 aliphatic carbocycles. The van der Waals surface area contributed by atoms with Gasteiger partial charge in [0, 0.05) is 0 Å². The Balaban J connectivity index is 1.54. The second kappa shape index (κ2) is 6.68. The summed E-state index contributed by atoms with van der Waals surface area (Å²) in [6.45, 7) is 0.537. The number of anilines is 2. The van der Waals surface area contributed by atoms with Gasteiger partial charge in [-0.15, -0.1) is 5.10 Å². The van der Waals surface area contributed by atoms with Crippen LogP contribution in [0.4, 0.5) is 11.4 Å². The van der Waals surface area contributed by atoms with Crippen LogP contribution in [0.25, 0.3) is 10.8 Å². The highest BCUT2D eigenvalue weighted by Gasteiger charge is 2.13. The van der Waals surface area contributed by atoms with Crippen molar-refractivity contribution in [1.82, 2.24) is 15.0 Å². The topological polar surface area (TPSA) is 85.8 Å². The van der Waals surface area contributed by atoms with Crippen LogP contribution >= 0.6 is 0 Å². The third-order valence-electron chi connectivity index (χ3n) is 4.19. The quantitative estimate of drug-likeness (QED) is 0.557. The van der Waals surface area contributed by atoms with Gasteiger partial charge in [-0.1, -0.05) is 59.8 Å². The average Bonchev–Trinajstić information content (AvgIpc) is 3.13. The van der Waals surface area contributed by atoms with Gasteiger partial charge in [0.05, 0.1) is 24.1 Å². The minimum atomic E-state index is -0.341. The van der Waals surface area contributed by atoms with Crippen molar-refractivity contribution in [1.29, 1.82) is 0 Å². The first-order valence-electron chi connectivity index (χ1n) is 8.23. The van der Waals surface area contributed by atoms with Crippen molar-refractivity contribution in [2.75, 3.05) is 11.1 Å². The summed E-state index contributed by atoms with van der Waals surface area (Å²) in [4.78, 5) is 12.4. The molecule has 3 N–H and O–H groups in total. The Hall–Kier alpha value is -3.67. The second-order valence-corrected chi connectivity index (χ2v) is 5.98. The molecule has 4 rings (SSSR count). The van der Waals surface area contributed by atoms with Gasteiger partial charge in [0.2, 0.25) is 0 Å². The molecule has 0 atom stereocenters. The molecule has 0 aliphatic rings. The zero-order chi connectivity index (χ0) is 17.9. The summed E-state index contributed by atoms with van der Waals surface area (Å²) in [5.74, 6) is -0.341. The van der Waals surface area contributed by atoms with E-state index in [1.807, 2.05) is 30.3 Å². The monoisotopic (exact) mass is 343 g/mol. The molecule has 0 saturated carbocycles. The van der Waals surface area contributed by atoms with Gasteiger partial charge < -0.3 is 11.1 Å². The molecular weight excluding hydrogens is 326 g/mol. The lowest BCUT2D eigenvalue weighted by Crippen LogP contribution is -2.13. The normalized spacial score (nSPS) is 10.8. The van der Waals surface area contributed by atoms with Crippen molar-refractivity contribution in [3.63, 3.8) is 0 Å². The van der Waals surface area contributed by atoms with E-state index in [0.717, 1.165) is 10.9 Å². The van der Waals surface area contributed by atoms with Crippen molar-refractivity contribution < 1.29 is 4.79 Å². The number of carbonyl (C=O) groups excluding carboxylic acids is 1. The van der Waals surface area contributed by atoms with E-state index >= 15 is 0 Å². The van der Waals surface area contributed by atoms with Crippen molar-refractivity contribution >= 4 is 28.1 Å².